The minimum absolute atomic E-state index is 0.765. The van der Waals surface area contributed by atoms with Crippen LogP contribution < -0.4 is 5.32 Å². The Balaban J connectivity index is 1.65. The predicted octanol–water partition coefficient (Wildman–Crippen LogP) is 5.21. The summed E-state index contributed by atoms with van der Waals surface area (Å²) in [5, 5.41) is 8.85. The maximum Gasteiger partial charge on any atom is 0.168 e. The van der Waals surface area contributed by atoms with Crippen LogP contribution in [0.1, 0.15) is 30.9 Å². The van der Waals surface area contributed by atoms with Gasteiger partial charge in [0, 0.05) is 5.69 Å². The quantitative estimate of drug-likeness (QED) is 0.515. The fourth-order valence-corrected chi connectivity index (χ4v) is 3.19. The Hall–Kier alpha value is -3.21. The minimum atomic E-state index is 0.765. The third-order valence-electron chi connectivity index (χ3n) is 4.75. The Morgan fingerprint density at radius 2 is 1.81 bits per heavy atom. The molecule has 27 heavy (non-hydrogen) atoms. The standard InChI is InChI=1S/C22H23N5/c1-3-4-8-17-10-12-18(13-11-17)26-21-19-14-25-27(22(19)24-15-23-21)20-9-6-5-7-16(20)2/h5-7,9-15H,3-4,8H2,1-2H3,(H,23,24,26). The van der Waals surface area contributed by atoms with E-state index in [0.717, 1.165) is 40.2 Å². The number of rotatable bonds is 6. The van der Waals surface area contributed by atoms with E-state index in [2.05, 4.69) is 64.6 Å². The summed E-state index contributed by atoms with van der Waals surface area (Å²) in [6.45, 7) is 4.29. The van der Waals surface area contributed by atoms with Crippen molar-refractivity contribution in [2.75, 3.05) is 5.32 Å². The van der Waals surface area contributed by atoms with E-state index in [1.165, 1.54) is 18.4 Å². The monoisotopic (exact) mass is 357 g/mol. The number of para-hydroxylation sites is 1. The highest BCUT2D eigenvalue weighted by atomic mass is 15.3. The Labute approximate surface area is 159 Å². The third kappa shape index (κ3) is 3.53. The first-order valence-corrected chi connectivity index (χ1v) is 9.37. The summed E-state index contributed by atoms with van der Waals surface area (Å²) in [5.41, 5.74) is 5.35. The van der Waals surface area contributed by atoms with Crippen molar-refractivity contribution in [1.29, 1.82) is 0 Å². The van der Waals surface area contributed by atoms with E-state index in [9.17, 15) is 0 Å². The molecule has 0 unspecified atom stereocenters. The van der Waals surface area contributed by atoms with Gasteiger partial charge in [-0.25, -0.2) is 14.6 Å². The molecular formula is C22H23N5. The van der Waals surface area contributed by atoms with Crippen LogP contribution in [0.4, 0.5) is 11.5 Å². The predicted molar refractivity (Wildman–Crippen MR) is 110 cm³/mol. The number of hydrogen-bond acceptors (Lipinski definition) is 4. The van der Waals surface area contributed by atoms with E-state index >= 15 is 0 Å². The first-order chi connectivity index (χ1) is 13.3. The number of aryl methyl sites for hydroxylation is 2. The molecule has 4 aromatic rings. The molecule has 0 aliphatic carbocycles. The van der Waals surface area contributed by atoms with Gasteiger partial charge in [0.05, 0.1) is 17.3 Å². The van der Waals surface area contributed by atoms with Crippen molar-refractivity contribution in [2.45, 2.75) is 33.1 Å². The van der Waals surface area contributed by atoms with Gasteiger partial charge < -0.3 is 5.32 Å². The molecule has 0 saturated heterocycles. The van der Waals surface area contributed by atoms with Crippen LogP contribution >= 0.6 is 0 Å². The molecule has 136 valence electrons. The van der Waals surface area contributed by atoms with Crippen LogP contribution in [0, 0.1) is 6.92 Å². The van der Waals surface area contributed by atoms with Gasteiger partial charge in [-0.2, -0.15) is 5.10 Å². The van der Waals surface area contributed by atoms with Crippen molar-refractivity contribution in [3.63, 3.8) is 0 Å². The van der Waals surface area contributed by atoms with Crippen LogP contribution in [-0.2, 0) is 6.42 Å². The highest BCUT2D eigenvalue weighted by molar-refractivity contribution is 5.89. The van der Waals surface area contributed by atoms with Crippen LogP contribution in [-0.4, -0.2) is 19.7 Å². The fourth-order valence-electron chi connectivity index (χ4n) is 3.19. The summed E-state index contributed by atoms with van der Waals surface area (Å²) in [4.78, 5) is 8.89. The lowest BCUT2D eigenvalue weighted by Gasteiger charge is -2.09. The second kappa shape index (κ2) is 7.58. The van der Waals surface area contributed by atoms with E-state index in [1.807, 2.05) is 29.1 Å². The number of benzene rings is 2. The summed E-state index contributed by atoms with van der Waals surface area (Å²) in [5.74, 6) is 0.765. The van der Waals surface area contributed by atoms with Gasteiger partial charge in [-0.3, -0.25) is 0 Å². The molecule has 0 bridgehead atoms. The minimum Gasteiger partial charge on any atom is -0.340 e. The number of hydrogen-bond donors (Lipinski definition) is 1. The van der Waals surface area contributed by atoms with Crippen LogP contribution in [0.3, 0.4) is 0 Å². The molecular weight excluding hydrogens is 334 g/mol. The Bertz CT molecular complexity index is 1050. The molecule has 0 amide bonds. The number of aromatic nitrogens is 4. The number of fused-ring (bicyclic) bond motifs is 1. The molecule has 2 aromatic heterocycles. The average Bonchev–Trinajstić information content (AvgIpc) is 3.13. The van der Waals surface area contributed by atoms with E-state index in [0.29, 0.717) is 0 Å². The zero-order valence-electron chi connectivity index (χ0n) is 15.7. The van der Waals surface area contributed by atoms with Crippen molar-refractivity contribution in [1.82, 2.24) is 19.7 Å². The number of nitrogens with one attached hydrogen (secondary N) is 1. The van der Waals surface area contributed by atoms with Gasteiger partial charge in [0.2, 0.25) is 0 Å². The van der Waals surface area contributed by atoms with Gasteiger partial charge in [0.15, 0.2) is 5.65 Å². The smallest absolute Gasteiger partial charge is 0.168 e. The molecule has 5 nitrogen and oxygen atoms in total. The Kier molecular flexibility index (Phi) is 4.83. The summed E-state index contributed by atoms with van der Waals surface area (Å²) in [6.07, 6.45) is 6.95. The second-order valence-corrected chi connectivity index (χ2v) is 6.73. The van der Waals surface area contributed by atoms with Gasteiger partial charge in [-0.15, -0.1) is 0 Å². The van der Waals surface area contributed by atoms with Crippen molar-refractivity contribution in [3.8, 4) is 5.69 Å². The number of unbranched alkanes of at least 4 members (excludes halogenated alkanes) is 1. The van der Waals surface area contributed by atoms with Gasteiger partial charge >= 0.3 is 0 Å². The van der Waals surface area contributed by atoms with E-state index in [1.54, 1.807) is 6.33 Å². The topological polar surface area (TPSA) is 55.6 Å². The molecule has 0 aliphatic heterocycles. The Morgan fingerprint density at radius 1 is 1.00 bits per heavy atom. The zero-order valence-corrected chi connectivity index (χ0v) is 15.7. The number of nitrogens with zero attached hydrogens (tertiary/aromatic N) is 4. The van der Waals surface area contributed by atoms with Crippen molar-refractivity contribution in [2.24, 2.45) is 0 Å². The lowest BCUT2D eigenvalue weighted by atomic mass is 10.1. The van der Waals surface area contributed by atoms with Gasteiger partial charge in [-0.05, 0) is 49.1 Å². The third-order valence-corrected chi connectivity index (χ3v) is 4.75. The maximum atomic E-state index is 4.55. The molecule has 0 aliphatic rings. The summed E-state index contributed by atoms with van der Waals surface area (Å²) in [6, 6.07) is 16.7. The van der Waals surface area contributed by atoms with E-state index < -0.39 is 0 Å². The molecule has 0 saturated carbocycles. The maximum absolute atomic E-state index is 4.55. The molecule has 5 heteroatoms. The van der Waals surface area contributed by atoms with Gasteiger partial charge in [-0.1, -0.05) is 43.7 Å². The average molecular weight is 357 g/mol. The fraction of sp³-hybridized carbons (Fsp3) is 0.227. The van der Waals surface area contributed by atoms with Crippen LogP contribution in [0.25, 0.3) is 16.7 Å². The summed E-state index contributed by atoms with van der Waals surface area (Å²) < 4.78 is 1.87. The van der Waals surface area contributed by atoms with E-state index in [4.69, 9.17) is 0 Å². The summed E-state index contributed by atoms with van der Waals surface area (Å²) in [7, 11) is 0. The van der Waals surface area contributed by atoms with Crippen molar-refractivity contribution < 1.29 is 0 Å². The first kappa shape index (κ1) is 17.2. The second-order valence-electron chi connectivity index (χ2n) is 6.73. The zero-order chi connectivity index (χ0) is 18.6. The molecule has 0 fully saturated rings. The lowest BCUT2D eigenvalue weighted by Crippen LogP contribution is -2.01. The Morgan fingerprint density at radius 3 is 2.59 bits per heavy atom. The normalized spacial score (nSPS) is 11.0. The van der Waals surface area contributed by atoms with Crippen LogP contribution in [0.15, 0.2) is 61.1 Å². The molecule has 0 atom stereocenters. The SMILES string of the molecule is CCCCc1ccc(Nc2ncnc3c2cnn3-c2ccccc2C)cc1. The number of anilines is 2. The van der Waals surface area contributed by atoms with Crippen molar-refractivity contribution in [3.05, 3.63) is 72.2 Å². The molecule has 4 rings (SSSR count). The summed E-state index contributed by atoms with van der Waals surface area (Å²) >= 11 is 0. The van der Waals surface area contributed by atoms with Crippen LogP contribution in [0.5, 0.6) is 0 Å². The molecule has 0 spiro atoms. The van der Waals surface area contributed by atoms with Crippen molar-refractivity contribution >= 4 is 22.5 Å². The molecule has 0 radical (unpaired) electrons. The highest BCUT2D eigenvalue weighted by Crippen LogP contribution is 2.25. The molecule has 2 heterocycles. The molecule has 1 N–H and O–H groups in total. The van der Waals surface area contributed by atoms with Gasteiger partial charge in [0.25, 0.3) is 0 Å². The van der Waals surface area contributed by atoms with Gasteiger partial charge in [0.1, 0.15) is 12.1 Å². The first-order valence-electron chi connectivity index (χ1n) is 9.37. The van der Waals surface area contributed by atoms with Crippen LogP contribution in [0.2, 0.25) is 0 Å². The highest BCUT2D eigenvalue weighted by Gasteiger charge is 2.12. The lowest BCUT2D eigenvalue weighted by molar-refractivity contribution is 0.795. The molecule has 2 aromatic carbocycles. The largest absolute Gasteiger partial charge is 0.340 e. The van der Waals surface area contributed by atoms with E-state index in [-0.39, 0.29) is 0 Å².